The first-order chi connectivity index (χ1) is 20.0. The van der Waals surface area contributed by atoms with Gasteiger partial charge in [0.15, 0.2) is 0 Å². The van der Waals surface area contributed by atoms with Crippen LogP contribution in [0.15, 0.2) is 0 Å². The predicted octanol–water partition coefficient (Wildman–Crippen LogP) is 14.0. The van der Waals surface area contributed by atoms with E-state index >= 15 is 0 Å². The summed E-state index contributed by atoms with van der Waals surface area (Å²) in [5.41, 5.74) is 0.844. The Morgan fingerprint density at radius 3 is 1.10 bits per heavy atom. The molecular weight excluding hydrogens is 537 g/mol. The van der Waals surface area contributed by atoms with E-state index < -0.39 is 5.96 Å². The first kappa shape index (κ1) is 39.7. The molecule has 1 rings (SSSR count). The van der Waals surface area contributed by atoms with Crippen LogP contribution in [0.5, 0.6) is 0 Å². The molecule has 0 aromatic heterocycles. The molecule has 0 N–H and O–H groups in total. The van der Waals surface area contributed by atoms with Crippen molar-refractivity contribution in [3.05, 3.63) is 0 Å². The summed E-state index contributed by atoms with van der Waals surface area (Å²) in [7, 11) is 0. The molecule has 0 atom stereocenters. The maximum atomic E-state index is 8.18. The molecule has 1 fully saturated rings. The van der Waals surface area contributed by atoms with Gasteiger partial charge in [-0.15, -0.1) is 0 Å². The average Bonchev–Trinajstić information content (AvgIpc) is 3.00. The molecule has 248 valence electrons. The van der Waals surface area contributed by atoms with E-state index in [0.29, 0.717) is 0 Å². The number of nitrogens with zero attached hydrogens (tertiary/aromatic N) is 1. The molecule has 0 aromatic rings. The fourth-order valence-corrected chi connectivity index (χ4v) is 16.1. The van der Waals surface area contributed by atoms with Gasteiger partial charge in [0.2, 0.25) is 0 Å². The van der Waals surface area contributed by atoms with Crippen LogP contribution in [0.25, 0.3) is 0 Å². The molecule has 41 heavy (non-hydrogen) atoms. The van der Waals surface area contributed by atoms with Crippen molar-refractivity contribution in [3.8, 4) is 0 Å². The van der Waals surface area contributed by atoms with Crippen LogP contribution in [0.2, 0.25) is 0 Å². The Morgan fingerprint density at radius 2 is 0.756 bits per heavy atom. The van der Waals surface area contributed by atoms with Crippen LogP contribution in [-0.2, 0) is 0 Å². The molecule has 0 amide bonds. The summed E-state index contributed by atoms with van der Waals surface area (Å²) in [5, 5.41) is 0. The van der Waals surface area contributed by atoms with Crippen LogP contribution in [0.1, 0.15) is 202 Å². The van der Waals surface area contributed by atoms with Gasteiger partial charge < -0.3 is 0 Å². The van der Waals surface area contributed by atoms with E-state index in [0.717, 1.165) is 11.7 Å². The molecule has 0 radical (unpaired) electrons. The van der Waals surface area contributed by atoms with Crippen LogP contribution in [0, 0.1) is 0 Å². The third kappa shape index (κ3) is 16.5. The van der Waals surface area contributed by atoms with Crippen LogP contribution in [0.3, 0.4) is 0 Å². The molecule has 0 aromatic carbocycles. The second-order valence-electron chi connectivity index (χ2n) is 14.4. The molecular formula is C38H79ClNP. The molecule has 1 aliphatic rings. The van der Waals surface area contributed by atoms with Gasteiger partial charge in [0, 0.05) is 0 Å². The van der Waals surface area contributed by atoms with Crippen molar-refractivity contribution in [2.24, 2.45) is 0 Å². The second-order valence-corrected chi connectivity index (χ2v) is 22.5. The van der Waals surface area contributed by atoms with Gasteiger partial charge >= 0.3 is 227 Å². The monoisotopic (exact) mass is 616 g/mol. The van der Waals surface area contributed by atoms with Crippen LogP contribution < -0.4 is 0 Å². The van der Waals surface area contributed by atoms with E-state index in [1.54, 1.807) is 0 Å². The van der Waals surface area contributed by atoms with E-state index in [1.165, 1.54) is 199 Å². The van der Waals surface area contributed by atoms with Crippen molar-refractivity contribution in [1.29, 1.82) is 0 Å². The van der Waals surface area contributed by atoms with Crippen molar-refractivity contribution in [3.63, 3.8) is 0 Å². The van der Waals surface area contributed by atoms with Crippen molar-refractivity contribution >= 4 is 17.2 Å². The van der Waals surface area contributed by atoms with E-state index in [4.69, 9.17) is 11.2 Å². The zero-order valence-corrected chi connectivity index (χ0v) is 31.0. The minimum absolute atomic E-state index is 0.828. The molecule has 1 nitrogen and oxygen atoms in total. The van der Waals surface area contributed by atoms with E-state index in [-0.39, 0.29) is 0 Å². The maximum absolute atomic E-state index is 8.18. The van der Waals surface area contributed by atoms with Gasteiger partial charge in [-0.1, -0.05) is 39.5 Å². The summed E-state index contributed by atoms with van der Waals surface area (Å²) >= 11 is 8.18. The SMILES string of the molecule is CCCCCCCCCCN(CCCCCCCCCC)C1CCC(P(Cl)(CCCC)(CCCC)CCCC)CC1. The van der Waals surface area contributed by atoms with Gasteiger partial charge in [-0.05, 0) is 0 Å². The zero-order valence-electron chi connectivity index (χ0n) is 29.3. The number of unbranched alkanes of at least 4 members (excludes halogenated alkanes) is 17. The quantitative estimate of drug-likeness (QED) is 0.0597. The second kappa shape index (κ2) is 24.9. The van der Waals surface area contributed by atoms with E-state index in [1.807, 2.05) is 0 Å². The number of rotatable bonds is 29. The molecule has 0 bridgehead atoms. The molecule has 1 saturated carbocycles. The summed E-state index contributed by atoms with van der Waals surface area (Å²) in [5.74, 6) is -2.17. The topological polar surface area (TPSA) is 3.24 Å². The third-order valence-electron chi connectivity index (χ3n) is 10.8. The van der Waals surface area contributed by atoms with Gasteiger partial charge in [0.05, 0.1) is 0 Å². The average molecular weight is 616 g/mol. The molecule has 0 spiro atoms. The zero-order chi connectivity index (χ0) is 30.1. The summed E-state index contributed by atoms with van der Waals surface area (Å²) in [6.45, 7) is 14.5. The summed E-state index contributed by atoms with van der Waals surface area (Å²) in [4.78, 5) is 2.98. The Kier molecular flexibility index (Phi) is 24.1. The Labute approximate surface area is 266 Å². The van der Waals surface area contributed by atoms with Gasteiger partial charge in [-0.25, -0.2) is 0 Å². The summed E-state index contributed by atoms with van der Waals surface area (Å²) < 4.78 is 0. The fourth-order valence-electron chi connectivity index (χ4n) is 7.92. The number of halogens is 1. The summed E-state index contributed by atoms with van der Waals surface area (Å²) in [6.07, 6.45) is 40.8. The Hall–Kier alpha value is 0.680. The third-order valence-corrected chi connectivity index (χ3v) is 19.6. The normalized spacial score (nSPS) is 19.0. The van der Waals surface area contributed by atoms with E-state index in [9.17, 15) is 0 Å². The molecule has 0 unspecified atom stereocenters. The molecule has 3 heteroatoms. The molecule has 0 heterocycles. The van der Waals surface area contributed by atoms with Crippen LogP contribution in [-0.4, -0.2) is 48.2 Å². The molecule has 1 aliphatic carbocycles. The van der Waals surface area contributed by atoms with Gasteiger partial charge in [0.25, 0.3) is 0 Å². The Bertz CT molecular complexity index is 528. The molecule has 0 aliphatic heterocycles. The number of hydrogen-bond acceptors (Lipinski definition) is 1. The first-order valence-corrected chi connectivity index (χ1v) is 23.2. The Balaban J connectivity index is 2.73. The van der Waals surface area contributed by atoms with Crippen molar-refractivity contribution < 1.29 is 0 Å². The number of hydrogen-bond donors (Lipinski definition) is 0. The van der Waals surface area contributed by atoms with Crippen LogP contribution >= 0.6 is 17.2 Å². The van der Waals surface area contributed by atoms with E-state index in [2.05, 4.69) is 39.5 Å². The van der Waals surface area contributed by atoms with Crippen molar-refractivity contribution in [2.45, 2.75) is 213 Å². The van der Waals surface area contributed by atoms with Gasteiger partial charge in [0.1, 0.15) is 0 Å². The van der Waals surface area contributed by atoms with Crippen molar-refractivity contribution in [1.82, 2.24) is 4.90 Å². The van der Waals surface area contributed by atoms with Gasteiger partial charge in [-0.2, -0.15) is 0 Å². The first-order valence-electron chi connectivity index (χ1n) is 19.4. The van der Waals surface area contributed by atoms with Crippen LogP contribution in [0.4, 0.5) is 0 Å². The predicted molar refractivity (Wildman–Crippen MR) is 195 cm³/mol. The standard InChI is InChI=1S/C38H79ClNP/c1-6-11-16-18-20-22-24-26-32-40(33-27-25-23-21-19-17-12-7-2)37-28-30-38(31-29-37)41(39,34-13-8-3,35-14-9-4)36-15-10-5/h37-38H,6-36H2,1-5H3. The fraction of sp³-hybridized carbons (Fsp3) is 1.00. The molecule has 0 saturated heterocycles. The van der Waals surface area contributed by atoms with Crippen molar-refractivity contribution in [2.75, 3.05) is 31.6 Å². The summed E-state index contributed by atoms with van der Waals surface area (Å²) in [6, 6.07) is 0.828. The Morgan fingerprint density at radius 1 is 0.439 bits per heavy atom. The van der Waals surface area contributed by atoms with Gasteiger partial charge in [-0.3, -0.25) is 0 Å². The minimum atomic E-state index is -2.17.